The Balaban J connectivity index is 2.77. The van der Waals surface area contributed by atoms with Crippen molar-refractivity contribution in [1.82, 2.24) is 5.06 Å². The molecule has 0 saturated carbocycles. The molecule has 0 heterocycles. The molecule has 62 valence electrons. The molecule has 1 N–H and O–H groups in total. The fraction of sp³-hybridized carbons (Fsp3) is 0.556. The Hall–Kier alpha value is -0.760. The average Bonchev–Trinajstić information content (AvgIpc) is 2.36. The van der Waals surface area contributed by atoms with Crippen molar-refractivity contribution in [2.45, 2.75) is 26.2 Å². The lowest BCUT2D eigenvalue weighted by Crippen LogP contribution is -2.11. The van der Waals surface area contributed by atoms with Gasteiger partial charge in [-0.3, -0.25) is 10.3 Å². The van der Waals surface area contributed by atoms with E-state index in [1.807, 2.05) is 13.0 Å². The molecule has 0 aromatic heterocycles. The molecular weight excluding hydrogens is 138 g/mol. The molecule has 1 rings (SSSR count). The van der Waals surface area contributed by atoms with Crippen LogP contribution in [0.2, 0.25) is 0 Å². The highest BCUT2D eigenvalue weighted by Gasteiger charge is 2.14. The maximum absolute atomic E-state index is 9.19. The lowest BCUT2D eigenvalue weighted by Gasteiger charge is -2.12. The molecule has 0 aromatic rings. The monoisotopic (exact) mass is 153 g/mol. The number of hydrogen-bond acceptors (Lipinski definition) is 2. The molecule has 2 nitrogen and oxygen atoms in total. The van der Waals surface area contributed by atoms with Gasteiger partial charge in [-0.1, -0.05) is 12.2 Å². The van der Waals surface area contributed by atoms with E-state index in [0.29, 0.717) is 0 Å². The Labute approximate surface area is 67.8 Å². The second kappa shape index (κ2) is 3.58. The van der Waals surface area contributed by atoms with Gasteiger partial charge in [0.1, 0.15) is 0 Å². The van der Waals surface area contributed by atoms with Crippen molar-refractivity contribution >= 4 is 0 Å². The minimum Gasteiger partial charge on any atom is -0.289 e. The number of allylic oxidation sites excluding steroid dienone is 4. The van der Waals surface area contributed by atoms with Gasteiger partial charge in [0, 0.05) is 12.7 Å². The van der Waals surface area contributed by atoms with Crippen LogP contribution >= 0.6 is 0 Å². The Bertz CT molecular complexity index is 192. The van der Waals surface area contributed by atoms with E-state index < -0.39 is 0 Å². The first kappa shape index (κ1) is 8.34. The summed E-state index contributed by atoms with van der Waals surface area (Å²) in [7, 11) is 1.68. The van der Waals surface area contributed by atoms with Crippen LogP contribution in [0.4, 0.5) is 0 Å². The standard InChI is InChI=1S/C9H15NO/c1-3-5-8-6-4-7-9(8)10(2)11/h3,5,11H,4,6-7H2,1-2H3/b5-3-. The van der Waals surface area contributed by atoms with E-state index >= 15 is 0 Å². The summed E-state index contributed by atoms with van der Waals surface area (Å²) in [5, 5.41) is 10.4. The van der Waals surface area contributed by atoms with Crippen molar-refractivity contribution in [2.24, 2.45) is 0 Å². The molecule has 0 spiro atoms. The van der Waals surface area contributed by atoms with Crippen LogP contribution in [-0.4, -0.2) is 17.3 Å². The Morgan fingerprint density at radius 2 is 2.18 bits per heavy atom. The van der Waals surface area contributed by atoms with E-state index in [1.54, 1.807) is 7.05 Å². The molecule has 0 bridgehead atoms. The van der Waals surface area contributed by atoms with Crippen LogP contribution in [0.15, 0.2) is 23.4 Å². The van der Waals surface area contributed by atoms with Crippen molar-refractivity contribution in [1.29, 1.82) is 0 Å². The largest absolute Gasteiger partial charge is 0.289 e. The molecule has 0 aromatic carbocycles. The molecular formula is C9H15NO. The minimum absolute atomic E-state index is 1.01. The van der Waals surface area contributed by atoms with E-state index in [1.165, 1.54) is 17.1 Å². The summed E-state index contributed by atoms with van der Waals surface area (Å²) in [5.41, 5.74) is 2.35. The van der Waals surface area contributed by atoms with Crippen LogP contribution in [-0.2, 0) is 0 Å². The zero-order valence-electron chi connectivity index (χ0n) is 7.17. The second-order valence-corrected chi connectivity index (χ2v) is 2.85. The summed E-state index contributed by atoms with van der Waals surface area (Å²) in [6, 6.07) is 0. The highest BCUT2D eigenvalue weighted by atomic mass is 16.5. The van der Waals surface area contributed by atoms with Gasteiger partial charge in [0.25, 0.3) is 0 Å². The van der Waals surface area contributed by atoms with Gasteiger partial charge in [-0.25, -0.2) is 0 Å². The zero-order valence-corrected chi connectivity index (χ0v) is 7.17. The first-order valence-electron chi connectivity index (χ1n) is 4.03. The Kier molecular flexibility index (Phi) is 2.71. The molecule has 0 amide bonds. The zero-order chi connectivity index (χ0) is 8.27. The number of hydrogen-bond donors (Lipinski definition) is 1. The predicted molar refractivity (Wildman–Crippen MR) is 45.2 cm³/mol. The second-order valence-electron chi connectivity index (χ2n) is 2.85. The highest BCUT2D eigenvalue weighted by molar-refractivity contribution is 5.27. The lowest BCUT2D eigenvalue weighted by atomic mass is 10.2. The topological polar surface area (TPSA) is 23.5 Å². The molecule has 1 aliphatic rings. The number of hydroxylamine groups is 2. The van der Waals surface area contributed by atoms with Crippen LogP contribution in [0, 0.1) is 0 Å². The first-order valence-corrected chi connectivity index (χ1v) is 4.03. The predicted octanol–water partition coefficient (Wildman–Crippen LogP) is 2.32. The van der Waals surface area contributed by atoms with Gasteiger partial charge in [-0.2, -0.15) is 0 Å². The maximum Gasteiger partial charge on any atom is 0.0436 e. The number of rotatable bonds is 2. The average molecular weight is 153 g/mol. The molecule has 0 saturated heterocycles. The Morgan fingerprint density at radius 3 is 2.73 bits per heavy atom. The quantitative estimate of drug-likeness (QED) is 0.615. The van der Waals surface area contributed by atoms with Crippen molar-refractivity contribution in [3.63, 3.8) is 0 Å². The third-order valence-electron chi connectivity index (χ3n) is 1.99. The van der Waals surface area contributed by atoms with Crippen LogP contribution in [0.5, 0.6) is 0 Å². The van der Waals surface area contributed by atoms with Crippen molar-refractivity contribution in [3.05, 3.63) is 23.4 Å². The smallest absolute Gasteiger partial charge is 0.0436 e. The van der Waals surface area contributed by atoms with Crippen molar-refractivity contribution in [3.8, 4) is 0 Å². The fourth-order valence-electron chi connectivity index (χ4n) is 1.50. The van der Waals surface area contributed by atoms with Gasteiger partial charge in [-0.15, -0.1) is 0 Å². The molecule has 0 atom stereocenters. The molecule has 0 radical (unpaired) electrons. The van der Waals surface area contributed by atoms with Crippen LogP contribution < -0.4 is 0 Å². The molecule has 1 aliphatic carbocycles. The summed E-state index contributed by atoms with van der Waals surface area (Å²) in [4.78, 5) is 0. The third kappa shape index (κ3) is 1.84. The fourth-order valence-corrected chi connectivity index (χ4v) is 1.50. The van der Waals surface area contributed by atoms with E-state index in [-0.39, 0.29) is 0 Å². The maximum atomic E-state index is 9.19. The van der Waals surface area contributed by atoms with E-state index in [9.17, 15) is 5.21 Å². The summed E-state index contributed by atoms with van der Waals surface area (Å²) in [6.45, 7) is 2.00. The molecule has 0 unspecified atom stereocenters. The number of nitrogens with zero attached hydrogens (tertiary/aromatic N) is 1. The van der Waals surface area contributed by atoms with Gasteiger partial charge in [0.05, 0.1) is 0 Å². The molecule has 11 heavy (non-hydrogen) atoms. The SMILES string of the molecule is C/C=C\C1=C(N(C)O)CCC1. The van der Waals surface area contributed by atoms with E-state index in [4.69, 9.17) is 0 Å². The van der Waals surface area contributed by atoms with Gasteiger partial charge in [-0.05, 0) is 31.8 Å². The van der Waals surface area contributed by atoms with Crippen LogP contribution in [0.1, 0.15) is 26.2 Å². The summed E-state index contributed by atoms with van der Waals surface area (Å²) < 4.78 is 0. The summed E-state index contributed by atoms with van der Waals surface area (Å²) >= 11 is 0. The van der Waals surface area contributed by atoms with Gasteiger partial charge in [0.15, 0.2) is 0 Å². The van der Waals surface area contributed by atoms with E-state index in [2.05, 4.69) is 6.08 Å². The van der Waals surface area contributed by atoms with Crippen LogP contribution in [0.25, 0.3) is 0 Å². The van der Waals surface area contributed by atoms with Gasteiger partial charge < -0.3 is 0 Å². The normalized spacial score (nSPS) is 18.5. The minimum atomic E-state index is 1.01. The van der Waals surface area contributed by atoms with Crippen LogP contribution in [0.3, 0.4) is 0 Å². The molecule has 0 fully saturated rings. The first-order chi connectivity index (χ1) is 5.25. The molecule has 2 heteroatoms. The Morgan fingerprint density at radius 1 is 1.45 bits per heavy atom. The van der Waals surface area contributed by atoms with Crippen molar-refractivity contribution in [2.75, 3.05) is 7.05 Å². The summed E-state index contributed by atoms with van der Waals surface area (Å²) in [5.74, 6) is 0. The summed E-state index contributed by atoms with van der Waals surface area (Å²) in [6.07, 6.45) is 7.37. The third-order valence-corrected chi connectivity index (χ3v) is 1.99. The lowest BCUT2D eigenvalue weighted by molar-refractivity contribution is -0.0308. The van der Waals surface area contributed by atoms with E-state index in [0.717, 1.165) is 18.5 Å². The van der Waals surface area contributed by atoms with Crippen molar-refractivity contribution < 1.29 is 5.21 Å². The van der Waals surface area contributed by atoms with Gasteiger partial charge >= 0.3 is 0 Å². The molecule has 0 aliphatic heterocycles. The van der Waals surface area contributed by atoms with Gasteiger partial charge in [0.2, 0.25) is 0 Å². The highest BCUT2D eigenvalue weighted by Crippen LogP contribution is 2.27.